The van der Waals surface area contributed by atoms with Crippen molar-refractivity contribution in [2.45, 2.75) is 37.9 Å². The highest BCUT2D eigenvalue weighted by atomic mass is 19.3. The Morgan fingerprint density at radius 2 is 2.08 bits per heavy atom. The summed E-state index contributed by atoms with van der Waals surface area (Å²) >= 11 is 0. The van der Waals surface area contributed by atoms with Gasteiger partial charge in [0.2, 0.25) is 5.91 Å². The number of hydrogen-bond acceptors (Lipinski definition) is 3. The van der Waals surface area contributed by atoms with Crippen LogP contribution in [0.3, 0.4) is 0 Å². The fourth-order valence-electron chi connectivity index (χ4n) is 3.27. The van der Waals surface area contributed by atoms with Crippen molar-refractivity contribution >= 4 is 5.91 Å². The Kier molecular flexibility index (Phi) is 5.13. The van der Waals surface area contributed by atoms with E-state index in [1.54, 1.807) is 11.9 Å². The van der Waals surface area contributed by atoms with Crippen molar-refractivity contribution in [3.63, 3.8) is 0 Å². The Bertz CT molecular complexity index is 713. The summed E-state index contributed by atoms with van der Waals surface area (Å²) in [4.78, 5) is 18.1. The van der Waals surface area contributed by atoms with E-state index in [9.17, 15) is 13.6 Å². The highest BCUT2D eigenvalue weighted by Gasteiger charge is 2.39. The lowest BCUT2D eigenvalue weighted by atomic mass is 9.72. The molecule has 0 atom stereocenters. The maximum absolute atomic E-state index is 12.9. The zero-order valence-electron chi connectivity index (χ0n) is 14.2. The molecule has 25 heavy (non-hydrogen) atoms. The van der Waals surface area contributed by atoms with E-state index in [0.29, 0.717) is 0 Å². The van der Waals surface area contributed by atoms with Gasteiger partial charge in [0.15, 0.2) is 0 Å². The van der Waals surface area contributed by atoms with Crippen LogP contribution in [-0.2, 0) is 16.9 Å². The lowest BCUT2D eigenvalue weighted by Gasteiger charge is -2.43. The number of likely N-dealkylation sites (N-methyl/N-ethyl adjacent to an activating group) is 1. The Balaban J connectivity index is 1.59. The van der Waals surface area contributed by atoms with Crippen molar-refractivity contribution in [3.05, 3.63) is 54.1 Å². The first kappa shape index (κ1) is 17.5. The number of aromatic nitrogens is 2. The lowest BCUT2D eigenvalue weighted by Crippen LogP contribution is -2.53. The van der Waals surface area contributed by atoms with Crippen LogP contribution in [0.5, 0.6) is 0 Å². The molecule has 0 unspecified atom stereocenters. The van der Waals surface area contributed by atoms with Crippen LogP contribution in [0.1, 0.15) is 37.2 Å². The first-order valence-electron chi connectivity index (χ1n) is 8.35. The van der Waals surface area contributed by atoms with Gasteiger partial charge in [-0.3, -0.25) is 14.3 Å². The zero-order valence-corrected chi connectivity index (χ0v) is 14.2. The van der Waals surface area contributed by atoms with Crippen molar-refractivity contribution in [2.24, 2.45) is 0 Å². The molecule has 1 aliphatic carbocycles. The number of alkyl halides is 2. The second-order valence-corrected chi connectivity index (χ2v) is 6.55. The van der Waals surface area contributed by atoms with Crippen LogP contribution in [0.2, 0.25) is 0 Å². The van der Waals surface area contributed by atoms with Crippen molar-refractivity contribution < 1.29 is 13.6 Å². The van der Waals surface area contributed by atoms with Crippen LogP contribution in [0.15, 0.2) is 42.7 Å². The molecule has 1 amide bonds. The van der Waals surface area contributed by atoms with Gasteiger partial charge in [0.25, 0.3) is 0 Å². The molecule has 3 rings (SSSR count). The molecule has 1 N–H and O–H groups in total. The van der Waals surface area contributed by atoms with Gasteiger partial charge >= 0.3 is 6.55 Å². The summed E-state index contributed by atoms with van der Waals surface area (Å²) < 4.78 is 26.5. The molecule has 1 aromatic heterocycles. The van der Waals surface area contributed by atoms with Crippen LogP contribution >= 0.6 is 0 Å². The summed E-state index contributed by atoms with van der Waals surface area (Å²) in [7, 11) is 1.72. The van der Waals surface area contributed by atoms with Crippen LogP contribution < -0.4 is 5.32 Å². The van der Waals surface area contributed by atoms with E-state index in [1.165, 1.54) is 12.4 Å². The van der Waals surface area contributed by atoms with E-state index >= 15 is 0 Å². The van der Waals surface area contributed by atoms with Gasteiger partial charge in [0, 0.05) is 12.4 Å². The van der Waals surface area contributed by atoms with E-state index in [2.05, 4.69) is 10.3 Å². The van der Waals surface area contributed by atoms with Gasteiger partial charge in [-0.1, -0.05) is 30.3 Å². The molecule has 0 spiro atoms. The molecular weight excluding hydrogens is 326 g/mol. The third kappa shape index (κ3) is 3.87. The molecule has 1 heterocycles. The van der Waals surface area contributed by atoms with Crippen molar-refractivity contribution in [2.75, 3.05) is 13.6 Å². The standard InChI is InChI=1S/C18H22F2N4O/c1-23(12-15-21-10-11-24(15)17(19)20)13-16(25)22-18(8-5-9-18)14-6-3-2-4-7-14/h2-4,6-7,10-11,17H,5,8-9,12-13H2,1H3,(H,22,25). The van der Waals surface area contributed by atoms with Crippen LogP contribution in [0, 0.1) is 0 Å². The topological polar surface area (TPSA) is 50.2 Å². The molecule has 2 aromatic rings. The number of carbonyl (C=O) groups is 1. The minimum absolute atomic E-state index is 0.110. The fraction of sp³-hybridized carbons (Fsp3) is 0.444. The Labute approximate surface area is 145 Å². The molecule has 1 aromatic carbocycles. The van der Waals surface area contributed by atoms with Gasteiger partial charge in [-0.15, -0.1) is 0 Å². The molecule has 5 nitrogen and oxygen atoms in total. The number of rotatable bonds is 7. The molecular formula is C18H22F2N4O. The molecule has 0 radical (unpaired) electrons. The number of carbonyl (C=O) groups excluding carboxylic acids is 1. The molecule has 7 heteroatoms. The summed E-state index contributed by atoms with van der Waals surface area (Å²) in [6.45, 7) is -2.32. The predicted molar refractivity (Wildman–Crippen MR) is 89.9 cm³/mol. The first-order valence-corrected chi connectivity index (χ1v) is 8.35. The fourth-order valence-corrected chi connectivity index (χ4v) is 3.27. The number of imidazole rings is 1. The van der Waals surface area contributed by atoms with Crippen LogP contribution in [-0.4, -0.2) is 34.0 Å². The molecule has 1 aliphatic rings. The average molecular weight is 348 g/mol. The lowest BCUT2D eigenvalue weighted by molar-refractivity contribution is -0.125. The number of benzene rings is 1. The number of hydrogen-bond donors (Lipinski definition) is 1. The third-order valence-electron chi connectivity index (χ3n) is 4.70. The zero-order chi connectivity index (χ0) is 17.9. The number of nitrogens with one attached hydrogen (secondary N) is 1. The van der Waals surface area contributed by atoms with E-state index in [4.69, 9.17) is 0 Å². The number of halogens is 2. The monoisotopic (exact) mass is 348 g/mol. The summed E-state index contributed by atoms with van der Waals surface area (Å²) in [5.74, 6) is 0.132. The Hall–Kier alpha value is -2.28. The summed E-state index contributed by atoms with van der Waals surface area (Å²) in [6.07, 6.45) is 5.50. The van der Waals surface area contributed by atoms with Gasteiger partial charge in [-0.2, -0.15) is 8.78 Å². The first-order chi connectivity index (χ1) is 12.0. The quantitative estimate of drug-likeness (QED) is 0.837. The molecule has 0 aliphatic heterocycles. The Morgan fingerprint density at radius 1 is 1.36 bits per heavy atom. The molecule has 0 bridgehead atoms. The second-order valence-electron chi connectivity index (χ2n) is 6.55. The van der Waals surface area contributed by atoms with Gasteiger partial charge in [0.05, 0.1) is 18.6 Å². The third-order valence-corrected chi connectivity index (χ3v) is 4.70. The maximum atomic E-state index is 12.9. The van der Waals surface area contributed by atoms with E-state index < -0.39 is 6.55 Å². The smallest absolute Gasteiger partial charge is 0.319 e. The van der Waals surface area contributed by atoms with Gasteiger partial charge in [-0.05, 0) is 31.9 Å². The molecule has 0 saturated heterocycles. The van der Waals surface area contributed by atoms with E-state index in [1.807, 2.05) is 30.3 Å². The van der Waals surface area contributed by atoms with Crippen molar-refractivity contribution in [1.29, 1.82) is 0 Å². The SMILES string of the molecule is CN(CC(=O)NC1(c2ccccc2)CCC1)Cc1nccn1C(F)F. The van der Waals surface area contributed by atoms with Crippen LogP contribution in [0.25, 0.3) is 0 Å². The van der Waals surface area contributed by atoms with Crippen LogP contribution in [0.4, 0.5) is 8.78 Å². The van der Waals surface area contributed by atoms with E-state index in [-0.39, 0.29) is 30.4 Å². The number of nitrogens with zero attached hydrogens (tertiary/aromatic N) is 3. The van der Waals surface area contributed by atoms with E-state index in [0.717, 1.165) is 29.4 Å². The predicted octanol–water partition coefficient (Wildman–Crippen LogP) is 2.91. The van der Waals surface area contributed by atoms with Crippen molar-refractivity contribution in [1.82, 2.24) is 19.8 Å². The molecule has 134 valence electrons. The minimum Gasteiger partial charge on any atom is -0.345 e. The van der Waals surface area contributed by atoms with Gasteiger partial charge in [-0.25, -0.2) is 4.98 Å². The summed E-state index contributed by atoms with van der Waals surface area (Å²) in [5.41, 5.74) is 0.825. The van der Waals surface area contributed by atoms with Crippen molar-refractivity contribution in [3.8, 4) is 0 Å². The minimum atomic E-state index is -2.63. The van der Waals surface area contributed by atoms with Gasteiger partial charge in [0.1, 0.15) is 5.82 Å². The maximum Gasteiger partial charge on any atom is 0.319 e. The summed E-state index contributed by atoms with van der Waals surface area (Å²) in [5, 5.41) is 3.14. The average Bonchev–Trinajstić information content (AvgIpc) is 3.00. The second kappa shape index (κ2) is 7.31. The number of amides is 1. The highest BCUT2D eigenvalue weighted by Crippen LogP contribution is 2.41. The van der Waals surface area contributed by atoms with Gasteiger partial charge < -0.3 is 5.32 Å². The highest BCUT2D eigenvalue weighted by molar-refractivity contribution is 5.79. The molecule has 1 fully saturated rings. The summed E-state index contributed by atoms with van der Waals surface area (Å²) in [6, 6.07) is 9.96. The largest absolute Gasteiger partial charge is 0.345 e. The normalized spacial score (nSPS) is 16.0. The molecule has 1 saturated carbocycles. The Morgan fingerprint density at radius 3 is 2.68 bits per heavy atom.